The second kappa shape index (κ2) is 7.74. The first kappa shape index (κ1) is 17.5. The third kappa shape index (κ3) is 4.23. The lowest BCUT2D eigenvalue weighted by Gasteiger charge is -2.24. The molecule has 0 aromatic heterocycles. The Hall–Kier alpha value is -2.27. The molecule has 1 aliphatic heterocycles. The minimum Gasteiger partial charge on any atom is -0.350 e. The van der Waals surface area contributed by atoms with E-state index in [1.54, 1.807) is 0 Å². The van der Waals surface area contributed by atoms with Crippen molar-refractivity contribution in [3.63, 3.8) is 0 Å². The Balaban J connectivity index is 1.59. The largest absolute Gasteiger partial charge is 0.350 e. The summed E-state index contributed by atoms with van der Waals surface area (Å²) in [5, 5.41) is 5.47. The van der Waals surface area contributed by atoms with Gasteiger partial charge in [-0.05, 0) is 36.6 Å². The number of fused-ring (bicyclic) bond motifs is 1. The van der Waals surface area contributed by atoms with E-state index in [1.807, 2.05) is 43.3 Å². The highest BCUT2D eigenvalue weighted by molar-refractivity contribution is 8.01. The maximum atomic E-state index is 12.4. The topological polar surface area (TPSA) is 58.2 Å². The number of benzene rings is 2. The number of hydrogen-bond acceptors (Lipinski definition) is 3. The molecule has 0 saturated carbocycles. The second-order valence-electron chi connectivity index (χ2n) is 6.18. The summed E-state index contributed by atoms with van der Waals surface area (Å²) in [6.07, 6.45) is 1.17. The summed E-state index contributed by atoms with van der Waals surface area (Å²) in [5.74, 6) is -0.224. The quantitative estimate of drug-likeness (QED) is 0.855. The first-order valence-corrected chi connectivity index (χ1v) is 9.39. The van der Waals surface area contributed by atoms with Crippen molar-refractivity contribution in [3.05, 3.63) is 59.7 Å². The van der Waals surface area contributed by atoms with E-state index >= 15 is 0 Å². The number of thioether (sulfide) groups is 1. The lowest BCUT2D eigenvalue weighted by atomic mass is 10.0. The monoisotopic (exact) mass is 354 g/mol. The fraction of sp³-hybridized carbons (Fsp3) is 0.300. The molecule has 25 heavy (non-hydrogen) atoms. The first-order chi connectivity index (χ1) is 12.1. The molecule has 0 spiro atoms. The summed E-state index contributed by atoms with van der Waals surface area (Å²) in [5.41, 5.74) is 3.16. The molecule has 130 valence electrons. The van der Waals surface area contributed by atoms with Crippen molar-refractivity contribution in [2.45, 2.75) is 42.9 Å². The van der Waals surface area contributed by atoms with Gasteiger partial charge in [-0.1, -0.05) is 43.3 Å². The molecule has 2 unspecified atom stereocenters. The maximum absolute atomic E-state index is 12.4. The van der Waals surface area contributed by atoms with Gasteiger partial charge in [-0.2, -0.15) is 0 Å². The van der Waals surface area contributed by atoms with Crippen LogP contribution in [0.25, 0.3) is 0 Å². The third-order valence-corrected chi connectivity index (χ3v) is 5.62. The number of aryl methyl sites for hydroxylation is 1. The van der Waals surface area contributed by atoms with Crippen LogP contribution >= 0.6 is 11.8 Å². The minimum absolute atomic E-state index is 0.0812. The highest BCUT2D eigenvalue weighted by Crippen LogP contribution is 2.36. The minimum atomic E-state index is -0.399. The van der Waals surface area contributed by atoms with E-state index in [2.05, 4.69) is 29.7 Å². The molecule has 2 amide bonds. The molecule has 0 fully saturated rings. The molecule has 0 aliphatic carbocycles. The molecule has 2 aromatic carbocycles. The Morgan fingerprint density at radius 2 is 1.92 bits per heavy atom. The Bertz CT molecular complexity index is 774. The van der Waals surface area contributed by atoms with Crippen LogP contribution in [-0.2, 0) is 16.0 Å². The molecular formula is C20H22N2O2S. The van der Waals surface area contributed by atoms with Crippen molar-refractivity contribution >= 4 is 29.3 Å². The predicted octanol–water partition coefficient (Wildman–Crippen LogP) is 3.93. The number of anilines is 1. The van der Waals surface area contributed by atoms with Crippen LogP contribution in [0, 0.1) is 0 Å². The Kier molecular flexibility index (Phi) is 5.43. The number of carbonyl (C=O) groups is 2. The van der Waals surface area contributed by atoms with Gasteiger partial charge in [-0.3, -0.25) is 9.59 Å². The number of nitrogens with one attached hydrogen (secondary N) is 2. The van der Waals surface area contributed by atoms with Gasteiger partial charge >= 0.3 is 0 Å². The van der Waals surface area contributed by atoms with Gasteiger partial charge in [-0.15, -0.1) is 11.8 Å². The van der Waals surface area contributed by atoms with Crippen LogP contribution in [0.4, 0.5) is 5.69 Å². The number of rotatable bonds is 5. The molecule has 0 saturated heterocycles. The number of amides is 2. The summed E-state index contributed by atoms with van der Waals surface area (Å²) < 4.78 is 0. The standard InChI is InChI=1S/C20H22N2O2S/c1-3-14-8-10-15(11-9-14)13(2)21-19(23)12-18-20(24)22-16-6-4-5-7-17(16)25-18/h4-11,13,18H,3,12H2,1-2H3,(H,21,23)(H,22,24). The van der Waals surface area contributed by atoms with Crippen LogP contribution in [0.1, 0.15) is 37.4 Å². The van der Waals surface area contributed by atoms with Crippen LogP contribution in [0.3, 0.4) is 0 Å². The zero-order valence-electron chi connectivity index (χ0n) is 14.4. The molecule has 2 atom stereocenters. The van der Waals surface area contributed by atoms with Gasteiger partial charge in [0.15, 0.2) is 0 Å². The van der Waals surface area contributed by atoms with Crippen molar-refractivity contribution in [2.24, 2.45) is 0 Å². The molecule has 4 nitrogen and oxygen atoms in total. The summed E-state index contributed by atoms with van der Waals surface area (Å²) >= 11 is 1.45. The smallest absolute Gasteiger partial charge is 0.238 e. The van der Waals surface area contributed by atoms with Crippen LogP contribution in [0.5, 0.6) is 0 Å². The highest BCUT2D eigenvalue weighted by atomic mass is 32.2. The van der Waals surface area contributed by atoms with E-state index in [-0.39, 0.29) is 24.3 Å². The second-order valence-corrected chi connectivity index (χ2v) is 7.42. The predicted molar refractivity (Wildman–Crippen MR) is 102 cm³/mol. The average Bonchev–Trinajstić information content (AvgIpc) is 2.62. The molecule has 1 aliphatic rings. The SMILES string of the molecule is CCc1ccc(C(C)NC(=O)CC2Sc3ccccc3NC2=O)cc1. The molecule has 2 aromatic rings. The Labute approximate surface area is 152 Å². The summed E-state index contributed by atoms with van der Waals surface area (Å²) in [6.45, 7) is 4.08. The third-order valence-electron chi connectivity index (χ3n) is 4.34. The van der Waals surface area contributed by atoms with E-state index in [0.29, 0.717) is 0 Å². The zero-order chi connectivity index (χ0) is 17.8. The number of carbonyl (C=O) groups excluding carboxylic acids is 2. The first-order valence-electron chi connectivity index (χ1n) is 8.51. The molecule has 0 radical (unpaired) electrons. The van der Waals surface area contributed by atoms with Crippen LogP contribution in [0.15, 0.2) is 53.4 Å². The maximum Gasteiger partial charge on any atom is 0.238 e. The van der Waals surface area contributed by atoms with Gasteiger partial charge in [0.1, 0.15) is 0 Å². The molecule has 1 heterocycles. The van der Waals surface area contributed by atoms with Gasteiger partial charge in [-0.25, -0.2) is 0 Å². The van der Waals surface area contributed by atoms with Gasteiger partial charge in [0, 0.05) is 11.3 Å². The van der Waals surface area contributed by atoms with E-state index < -0.39 is 5.25 Å². The van der Waals surface area contributed by atoms with E-state index in [0.717, 1.165) is 22.6 Å². The van der Waals surface area contributed by atoms with Crippen molar-refractivity contribution in [2.75, 3.05) is 5.32 Å². The zero-order valence-corrected chi connectivity index (χ0v) is 15.2. The van der Waals surface area contributed by atoms with Gasteiger partial charge in [0.2, 0.25) is 11.8 Å². The lowest BCUT2D eigenvalue weighted by molar-refractivity contribution is -0.124. The molecular weight excluding hydrogens is 332 g/mol. The van der Waals surface area contributed by atoms with Crippen molar-refractivity contribution in [1.29, 1.82) is 0 Å². The summed E-state index contributed by atoms with van der Waals surface area (Å²) in [6, 6.07) is 15.8. The molecule has 0 bridgehead atoms. The Morgan fingerprint density at radius 1 is 1.20 bits per heavy atom. The van der Waals surface area contributed by atoms with Gasteiger partial charge in [0.25, 0.3) is 0 Å². The summed E-state index contributed by atoms with van der Waals surface area (Å²) in [4.78, 5) is 25.6. The van der Waals surface area contributed by atoms with Crippen molar-refractivity contribution < 1.29 is 9.59 Å². The van der Waals surface area contributed by atoms with Crippen molar-refractivity contribution in [3.8, 4) is 0 Å². The lowest BCUT2D eigenvalue weighted by Crippen LogP contribution is -2.35. The normalized spacial score (nSPS) is 17.4. The molecule has 3 rings (SSSR count). The van der Waals surface area contributed by atoms with Crippen molar-refractivity contribution in [1.82, 2.24) is 5.32 Å². The fourth-order valence-corrected chi connectivity index (χ4v) is 3.93. The van der Waals surface area contributed by atoms with Crippen LogP contribution in [0.2, 0.25) is 0 Å². The van der Waals surface area contributed by atoms with Gasteiger partial charge in [0.05, 0.1) is 17.0 Å². The highest BCUT2D eigenvalue weighted by Gasteiger charge is 2.29. The number of para-hydroxylation sites is 1. The van der Waals surface area contributed by atoms with E-state index in [9.17, 15) is 9.59 Å². The summed E-state index contributed by atoms with van der Waals surface area (Å²) in [7, 11) is 0. The van der Waals surface area contributed by atoms with Crippen LogP contribution in [-0.4, -0.2) is 17.1 Å². The Morgan fingerprint density at radius 3 is 2.64 bits per heavy atom. The molecule has 2 N–H and O–H groups in total. The van der Waals surface area contributed by atoms with Gasteiger partial charge < -0.3 is 10.6 Å². The van der Waals surface area contributed by atoms with Crippen LogP contribution < -0.4 is 10.6 Å². The fourth-order valence-electron chi connectivity index (χ4n) is 2.82. The average molecular weight is 354 g/mol. The number of hydrogen-bond donors (Lipinski definition) is 2. The van der Waals surface area contributed by atoms with E-state index in [1.165, 1.54) is 17.3 Å². The molecule has 5 heteroatoms. The van der Waals surface area contributed by atoms with E-state index in [4.69, 9.17) is 0 Å².